The van der Waals surface area contributed by atoms with Gasteiger partial charge in [-0.15, -0.1) is 0 Å². The van der Waals surface area contributed by atoms with E-state index in [1.807, 2.05) is 5.57 Å². The summed E-state index contributed by atoms with van der Waals surface area (Å²) in [5, 5.41) is 31.0. The van der Waals surface area contributed by atoms with Crippen molar-refractivity contribution in [2.24, 2.45) is 234 Å². The third kappa shape index (κ3) is 15.9. The number of rotatable bonds is 1. The average molecular weight is 1940 g/mol. The van der Waals surface area contributed by atoms with Gasteiger partial charge < -0.3 is 62.7 Å². The third-order valence-corrected chi connectivity index (χ3v) is 52.0. The van der Waals surface area contributed by atoms with Crippen LogP contribution < -0.4 is 0 Å². The predicted molar refractivity (Wildman–Crippen MR) is 545 cm³/mol. The summed E-state index contributed by atoms with van der Waals surface area (Å²) in [4.78, 5) is 25.3. The van der Waals surface area contributed by atoms with Crippen LogP contribution in [0.25, 0.3) is 0 Å². The van der Waals surface area contributed by atoms with Crippen LogP contribution >= 0.6 is 0 Å². The van der Waals surface area contributed by atoms with E-state index in [-0.39, 0.29) is 73.6 Å². The topological polar surface area (TPSA) is 187 Å². The lowest BCUT2D eigenvalue weighted by Gasteiger charge is -2.58. The SMILES string of the molecule is C=C1C[C@@H]2[C@H](CC[C@@]3(C)[C@H]2CCC32OCCO2)[C@H]2CC[C@H](C)C[C@H]12.C[C@H]1CC[C@@H]2[C@H]3CC[C@@]4(C)[C@@H](CCC45OCCO5)[C@@H]3CC(=O)[C@H]2C1.C[C@H]1CC[C@@H]2[C@H]3CC[C@@]4(C)[C@@H](CCC45OCCO5)[C@@H]3C[C@@H](CO)[C@H]2C1.C[C@H]1CC[C@@H]2[C@H]3CC[C@@]4(C)[C@@H](CCC45OCCO5)[C@@H]3C[C@H](O)[C@H]2C1.C[C@H]1CC[C@H]2C(=CC[C@@H]3[C@@H]2CC[C@@]2(C)[C@H]3CCC23OCCO3)C1.C[C@]12CC[C@H]3[C@@H](CC=C4C[C@@H](O)CC[C@@H]43)[C@@H]1CCC2=O. The lowest BCUT2D eigenvalue weighted by Crippen LogP contribution is -2.56. The fourth-order valence-electron chi connectivity index (χ4n) is 45.2. The van der Waals surface area contributed by atoms with Crippen LogP contribution in [0.15, 0.2) is 35.5 Å². The Morgan fingerprint density at radius 1 is 0.293 bits per heavy atom. The normalized spacial score (nSPS) is 53.0. The Labute approximate surface area is 846 Å². The summed E-state index contributed by atoms with van der Waals surface area (Å²) >= 11 is 0. The number of allylic oxidation sites excluding steroid dienone is 4. The molecule has 0 bridgehead atoms. The third-order valence-electron chi connectivity index (χ3n) is 52.0. The smallest absolute Gasteiger partial charge is 0.174 e. The quantitative estimate of drug-likeness (QED) is 0.210. The van der Waals surface area contributed by atoms with E-state index in [0.29, 0.717) is 71.4 Å². The summed E-state index contributed by atoms with van der Waals surface area (Å²) in [7, 11) is 0. The molecule has 5 heterocycles. The monoisotopic (exact) mass is 1940 g/mol. The van der Waals surface area contributed by atoms with E-state index < -0.39 is 0 Å². The maximum atomic E-state index is 13.0. The number of aliphatic hydroxyl groups is 3. The first kappa shape index (κ1) is 100.0. The van der Waals surface area contributed by atoms with E-state index in [0.717, 1.165) is 304 Å². The van der Waals surface area contributed by atoms with Gasteiger partial charge in [-0.3, -0.25) is 9.59 Å². The Bertz CT molecular complexity index is 4400. The van der Waals surface area contributed by atoms with Crippen molar-refractivity contribution in [2.45, 2.75) is 426 Å². The maximum absolute atomic E-state index is 13.0. The van der Waals surface area contributed by atoms with E-state index in [1.165, 1.54) is 224 Å². The molecule has 0 aromatic heterocycles. The van der Waals surface area contributed by atoms with Crippen LogP contribution in [-0.4, -0.2) is 141 Å². The summed E-state index contributed by atoms with van der Waals surface area (Å²) in [5.74, 6) is 26.0. The van der Waals surface area contributed by atoms with Crippen LogP contribution in [0.4, 0.5) is 0 Å². The fourth-order valence-corrected chi connectivity index (χ4v) is 45.2. The molecule has 0 radical (unpaired) electrons. The van der Waals surface area contributed by atoms with E-state index in [9.17, 15) is 24.9 Å². The van der Waals surface area contributed by atoms with Crippen molar-refractivity contribution in [3.05, 3.63) is 35.5 Å². The highest BCUT2D eigenvalue weighted by Crippen LogP contribution is 2.75. The van der Waals surface area contributed by atoms with Crippen LogP contribution in [0, 0.1) is 234 Å². The molecule has 42 atom stereocenters. The van der Waals surface area contributed by atoms with Gasteiger partial charge in [0.15, 0.2) is 28.9 Å². The Morgan fingerprint density at radius 3 is 1.11 bits per heavy atom. The molecule has 24 aliphatic carbocycles. The molecule has 0 unspecified atom stereocenters. The van der Waals surface area contributed by atoms with Crippen LogP contribution in [0.3, 0.4) is 0 Å². The van der Waals surface area contributed by atoms with E-state index in [2.05, 4.69) is 94.9 Å². The second-order valence-corrected chi connectivity index (χ2v) is 57.2. The first-order valence-electron chi connectivity index (χ1n) is 60.9. The lowest BCUT2D eigenvalue weighted by atomic mass is 9.47. The predicted octanol–water partition coefficient (Wildman–Crippen LogP) is 26.0. The van der Waals surface area contributed by atoms with Crippen molar-refractivity contribution in [3.8, 4) is 0 Å². The molecule has 0 aromatic rings. The minimum atomic E-state index is -0.330. The van der Waals surface area contributed by atoms with Gasteiger partial charge in [0.05, 0.1) is 78.3 Å². The minimum absolute atomic E-state index is 0.000685. The van der Waals surface area contributed by atoms with Crippen LogP contribution in [0.1, 0.15) is 384 Å². The molecular formula is C125H194O15. The number of ether oxygens (including phenoxy) is 10. The largest absolute Gasteiger partial charge is 0.396 e. The van der Waals surface area contributed by atoms with Gasteiger partial charge in [0, 0.05) is 90.0 Å². The standard InChI is InChI=1S/C22H36O3.C22H34O2.C21H34O3.C21H32O3.C21H32O2.C18H26O2/c1-14-3-4-16-17-5-7-21(2)20(6-8-22(21)24-9-10-25-22)19(17)12-15(13-23)18(16)11-14;1-14-4-5-16-17-6-8-21(3)20(7-9-22(21)23-10-11-24-22)19(17)13-15(2)18(16)12-14;2*1-13-3-4-14-15-5-7-20(2)18(6-8-21(20)23-9-10-24-21)16(15)12-19(22)17(14)11-13;1-14-3-5-16-15(13-14)4-6-18-17(16)7-9-20(2)19(18)8-10-21(20)22-11-12-23-21;1-18-9-8-14-13-5-3-12(19)10-11(13)2-4-15(14)16(18)6-7-17(18)20/h14-20,23H,3-13H2,1-2H3;14,16-20H,2,4-13H2,1,3H3;13-19,22H,3-12H2,1-2H3;13-18H,3-12H2,1-2H3;4,14,16-19H,3,5-13H2,1-2H3;2,12-16,19H,3-10H2,1H3/t14-,15-,16+,17+,18+,19+,20-,21-;14-,16+,17+,18+,19+,20-,21-;13-,14+,15+,16+,17-,18-,19-,20-;13-,14+,15+,16+,17-,18-,20-;14-,16-,17+,18+,19-,20-;12-,13-,14+,15+,16-,18-/m000000/s1. The van der Waals surface area contributed by atoms with Crippen molar-refractivity contribution < 1.29 is 72.3 Å². The molecule has 15 nitrogen and oxygen atoms in total. The van der Waals surface area contributed by atoms with Gasteiger partial charge in [-0.1, -0.05) is 137 Å². The number of fused-ring (bicyclic) bond motifs is 35. The van der Waals surface area contributed by atoms with Gasteiger partial charge in [-0.2, -0.15) is 0 Å². The molecular weight excluding hydrogens is 1740 g/mol. The molecule has 22 saturated carbocycles. The zero-order valence-corrected chi connectivity index (χ0v) is 89.6. The number of carbonyl (C=O) groups is 2. The van der Waals surface area contributed by atoms with Gasteiger partial charge in [0.25, 0.3) is 0 Å². The summed E-state index contributed by atoms with van der Waals surface area (Å²) in [5.41, 5.74) is 5.94. The van der Waals surface area contributed by atoms with Crippen molar-refractivity contribution in [2.75, 3.05) is 72.7 Å². The highest BCUT2D eigenvalue weighted by atomic mass is 16.8. The minimum Gasteiger partial charge on any atom is -0.396 e. The molecule has 0 aromatic carbocycles. The summed E-state index contributed by atoms with van der Waals surface area (Å²) < 4.78 is 62.3. The zero-order valence-electron chi connectivity index (χ0n) is 89.6. The van der Waals surface area contributed by atoms with Crippen molar-refractivity contribution in [3.63, 3.8) is 0 Å². The Hall–Kier alpha value is -1.96. The van der Waals surface area contributed by atoms with Crippen LogP contribution in [-0.2, 0) is 57.0 Å². The molecule has 140 heavy (non-hydrogen) atoms. The summed E-state index contributed by atoms with van der Waals surface area (Å²) in [6, 6.07) is 0. The van der Waals surface area contributed by atoms with Gasteiger partial charge >= 0.3 is 0 Å². The Kier molecular flexibility index (Phi) is 27.2. The number of ketones is 2. The van der Waals surface area contributed by atoms with Crippen LogP contribution in [0.5, 0.6) is 0 Å². The number of Topliss-reactive ketones (excluding diaryl/α,β-unsaturated/α-hetero) is 2. The molecule has 5 saturated heterocycles. The van der Waals surface area contributed by atoms with Gasteiger partial charge in [0.2, 0.25) is 0 Å². The number of hydrogen-bond acceptors (Lipinski definition) is 15. The molecule has 29 aliphatic rings. The molecule has 5 aliphatic heterocycles. The Morgan fingerprint density at radius 2 is 0.636 bits per heavy atom. The first-order chi connectivity index (χ1) is 67.4. The molecule has 5 spiro atoms. The van der Waals surface area contributed by atoms with Crippen LogP contribution in [0.2, 0.25) is 0 Å². The Balaban J connectivity index is 0.0000000912. The molecule has 15 heteroatoms. The van der Waals surface area contributed by atoms with E-state index in [1.54, 1.807) is 5.57 Å². The number of carbonyl (C=O) groups excluding carboxylic acids is 2. The van der Waals surface area contributed by atoms with E-state index >= 15 is 0 Å². The first-order valence-corrected chi connectivity index (χ1v) is 60.9. The van der Waals surface area contributed by atoms with Gasteiger partial charge in [0.1, 0.15) is 11.6 Å². The zero-order chi connectivity index (χ0) is 96.4. The maximum Gasteiger partial charge on any atom is 0.174 e. The summed E-state index contributed by atoms with van der Waals surface area (Å²) in [6.07, 6.45) is 64.7. The van der Waals surface area contributed by atoms with Crippen molar-refractivity contribution >= 4 is 11.6 Å². The molecule has 27 fully saturated rings. The van der Waals surface area contributed by atoms with Gasteiger partial charge in [-0.05, 0) is 433 Å². The molecule has 29 rings (SSSR count). The molecule has 3 N–H and O–H groups in total. The van der Waals surface area contributed by atoms with Crippen molar-refractivity contribution in [1.29, 1.82) is 0 Å². The lowest BCUT2D eigenvalue weighted by molar-refractivity contribution is -0.246. The second kappa shape index (κ2) is 38.1. The fraction of sp³-hybridized carbons (Fsp3) is 0.936. The number of aliphatic hydroxyl groups excluding tert-OH is 3. The average Bonchev–Trinajstić information content (AvgIpc) is 1.62. The number of hydrogen-bond donors (Lipinski definition) is 3. The van der Waals surface area contributed by atoms with Gasteiger partial charge in [-0.25, -0.2) is 0 Å². The molecule has 784 valence electrons. The molecule has 0 amide bonds. The second-order valence-electron chi connectivity index (χ2n) is 57.2. The summed E-state index contributed by atoms with van der Waals surface area (Å²) in [6.45, 7) is 39.3. The highest BCUT2D eigenvalue weighted by Gasteiger charge is 2.74. The van der Waals surface area contributed by atoms with Crippen molar-refractivity contribution in [1.82, 2.24) is 0 Å². The highest BCUT2D eigenvalue weighted by molar-refractivity contribution is 5.87. The van der Waals surface area contributed by atoms with E-state index in [4.69, 9.17) is 47.4 Å².